The molecule has 0 radical (unpaired) electrons. The van der Waals surface area contributed by atoms with E-state index in [-0.39, 0.29) is 0 Å². The highest BCUT2D eigenvalue weighted by Crippen LogP contribution is 2.56. The van der Waals surface area contributed by atoms with E-state index >= 15 is 0 Å². The van der Waals surface area contributed by atoms with E-state index in [0.29, 0.717) is 0 Å². The molecule has 150 valence electrons. The molecule has 1 aliphatic rings. The molecule has 0 aliphatic carbocycles. The molecule has 1 fully saturated rings. The van der Waals surface area contributed by atoms with Gasteiger partial charge in [-0.2, -0.15) is 0 Å². The molecule has 2 unspecified atom stereocenters. The van der Waals surface area contributed by atoms with E-state index in [1.807, 2.05) is 0 Å². The van der Waals surface area contributed by atoms with Crippen LogP contribution in [0.15, 0.2) is 0 Å². The van der Waals surface area contributed by atoms with E-state index in [9.17, 15) is 20.4 Å². The zero-order chi connectivity index (χ0) is 19.6. The second-order valence-electron chi connectivity index (χ2n) is 8.27. The molecule has 4 N–H and O–H groups in total. The monoisotopic (exact) mass is 378 g/mol. The van der Waals surface area contributed by atoms with Gasteiger partial charge < -0.3 is 25.2 Å². The maximum absolute atomic E-state index is 11.1. The van der Waals surface area contributed by atoms with Crippen molar-refractivity contribution in [2.24, 2.45) is 0 Å². The van der Waals surface area contributed by atoms with Crippen LogP contribution >= 0.6 is 11.8 Å². The van der Waals surface area contributed by atoms with Crippen LogP contribution < -0.4 is 0 Å². The van der Waals surface area contributed by atoms with Gasteiger partial charge >= 0.3 is 0 Å². The molecule has 1 rings (SSSR count). The number of hydrogen-bond donors (Lipinski definition) is 4. The van der Waals surface area contributed by atoms with Crippen LogP contribution in [-0.2, 0) is 4.74 Å². The predicted octanol–water partition coefficient (Wildman–Crippen LogP) is 2.83. The number of aliphatic hydroxyl groups is 4. The molecule has 0 saturated carbocycles. The van der Waals surface area contributed by atoms with Crippen molar-refractivity contribution in [1.82, 2.24) is 0 Å². The summed E-state index contributed by atoms with van der Waals surface area (Å²) in [7, 11) is 0. The first-order chi connectivity index (χ1) is 11.3. The highest BCUT2D eigenvalue weighted by atomic mass is 32.2. The lowest BCUT2D eigenvalue weighted by Crippen LogP contribution is -2.83. The Kier molecular flexibility index (Phi) is 7.45. The minimum absolute atomic E-state index is 0.459. The normalized spacial score (nSPS) is 44.9. The van der Waals surface area contributed by atoms with Crippen LogP contribution in [0, 0.1) is 0 Å². The van der Waals surface area contributed by atoms with Crippen LogP contribution in [0.3, 0.4) is 0 Å². The molecular weight excluding hydrogens is 340 g/mol. The maximum Gasteiger partial charge on any atom is 0.143 e. The molecule has 1 saturated heterocycles. The highest BCUT2D eigenvalue weighted by Gasteiger charge is 2.73. The van der Waals surface area contributed by atoms with Gasteiger partial charge in [0, 0.05) is 0 Å². The first kappa shape index (κ1) is 23.2. The zero-order valence-electron chi connectivity index (χ0n) is 16.8. The molecule has 0 aromatic rings. The molecule has 5 nitrogen and oxygen atoms in total. The van der Waals surface area contributed by atoms with E-state index in [2.05, 4.69) is 6.92 Å². The molecule has 0 spiro atoms. The number of unbranched alkanes of at least 4 members (excludes halogenated alkanes) is 5. The summed E-state index contributed by atoms with van der Waals surface area (Å²) in [5, 5.41) is 42.9. The lowest BCUT2D eigenvalue weighted by Gasteiger charge is -2.65. The van der Waals surface area contributed by atoms with Crippen molar-refractivity contribution < 1.29 is 25.2 Å². The number of rotatable bonds is 9. The topological polar surface area (TPSA) is 90.2 Å². The molecule has 25 heavy (non-hydrogen) atoms. The average Bonchev–Trinajstić information content (AvgIpc) is 2.52. The number of thioether (sulfide) groups is 1. The molecule has 0 aromatic heterocycles. The third-order valence-electron chi connectivity index (χ3n) is 6.41. The molecular formula is C19H38O5S. The fraction of sp³-hybridized carbons (Fsp3) is 1.00. The Labute approximate surface area is 157 Å². The van der Waals surface area contributed by atoms with Crippen molar-refractivity contribution in [2.45, 2.75) is 107 Å². The minimum Gasteiger partial charge on any atom is -0.393 e. The predicted molar refractivity (Wildman–Crippen MR) is 103 cm³/mol. The first-order valence-electron chi connectivity index (χ1n) is 9.45. The summed E-state index contributed by atoms with van der Waals surface area (Å²) in [4.78, 5) is -1.15. The van der Waals surface area contributed by atoms with Gasteiger partial charge in [0.25, 0.3) is 0 Å². The summed E-state index contributed by atoms with van der Waals surface area (Å²) in [5.41, 5.74) is -6.77. The van der Waals surface area contributed by atoms with Gasteiger partial charge in [-0.05, 0) is 46.8 Å². The maximum atomic E-state index is 11.1. The Balaban J connectivity index is 2.86. The Bertz CT molecular complexity index is 438. The second kappa shape index (κ2) is 8.03. The van der Waals surface area contributed by atoms with Gasteiger partial charge in [0.15, 0.2) is 0 Å². The average molecular weight is 379 g/mol. The lowest BCUT2D eigenvalue weighted by molar-refractivity contribution is -0.380. The van der Waals surface area contributed by atoms with Crippen molar-refractivity contribution in [3.05, 3.63) is 0 Å². The van der Waals surface area contributed by atoms with Crippen LogP contribution in [-0.4, -0.2) is 60.1 Å². The van der Waals surface area contributed by atoms with Crippen molar-refractivity contribution in [2.75, 3.05) is 12.4 Å². The quantitative estimate of drug-likeness (QED) is 0.461. The molecule has 5 atom stereocenters. The van der Waals surface area contributed by atoms with Crippen LogP contribution in [0.5, 0.6) is 0 Å². The number of aliphatic hydroxyl groups excluding tert-OH is 1. The van der Waals surface area contributed by atoms with Gasteiger partial charge in [0.2, 0.25) is 0 Å². The van der Waals surface area contributed by atoms with Crippen LogP contribution in [0.25, 0.3) is 0 Å². The Morgan fingerprint density at radius 2 is 1.28 bits per heavy atom. The van der Waals surface area contributed by atoms with Gasteiger partial charge in [-0.15, -0.1) is 11.8 Å². The lowest BCUT2D eigenvalue weighted by atomic mass is 9.62. The SMILES string of the molecule is CCCCCCCCS[C@]1(C)OC(C)(CO)[C@@](C)(O)[C@@](C)(O)C1(C)O. The Hall–Kier alpha value is 0.150. The molecule has 0 bridgehead atoms. The first-order valence-corrected chi connectivity index (χ1v) is 10.4. The molecule has 1 aliphatic heterocycles. The summed E-state index contributed by atoms with van der Waals surface area (Å²) in [6.07, 6.45) is 7.04. The van der Waals surface area contributed by atoms with Gasteiger partial charge in [0.05, 0.1) is 6.61 Å². The van der Waals surface area contributed by atoms with Crippen molar-refractivity contribution >= 4 is 11.8 Å². The van der Waals surface area contributed by atoms with Crippen LogP contribution in [0.1, 0.15) is 80.1 Å². The van der Waals surface area contributed by atoms with Crippen LogP contribution in [0.2, 0.25) is 0 Å². The van der Waals surface area contributed by atoms with Gasteiger partial charge in [0.1, 0.15) is 27.3 Å². The minimum atomic E-state index is -1.86. The van der Waals surface area contributed by atoms with Gasteiger partial charge in [-0.25, -0.2) is 0 Å². The van der Waals surface area contributed by atoms with E-state index in [1.54, 1.807) is 13.8 Å². The van der Waals surface area contributed by atoms with Gasteiger partial charge in [-0.1, -0.05) is 39.0 Å². The number of ether oxygens (including phenoxy) is 1. The summed E-state index contributed by atoms with van der Waals surface area (Å²) < 4.78 is 6.07. The van der Waals surface area contributed by atoms with Gasteiger partial charge in [-0.3, -0.25) is 0 Å². The van der Waals surface area contributed by atoms with E-state index < -0.39 is 33.9 Å². The largest absolute Gasteiger partial charge is 0.393 e. The van der Waals surface area contributed by atoms with E-state index in [0.717, 1.165) is 18.6 Å². The molecule has 1 heterocycles. The molecule has 0 amide bonds. The van der Waals surface area contributed by atoms with Crippen molar-refractivity contribution in [1.29, 1.82) is 0 Å². The summed E-state index contributed by atoms with van der Waals surface area (Å²) in [5.74, 6) is 0.776. The smallest absolute Gasteiger partial charge is 0.143 e. The Morgan fingerprint density at radius 3 is 1.80 bits per heavy atom. The van der Waals surface area contributed by atoms with Crippen molar-refractivity contribution in [3.8, 4) is 0 Å². The van der Waals surface area contributed by atoms with E-state index in [4.69, 9.17) is 4.74 Å². The highest BCUT2D eigenvalue weighted by molar-refractivity contribution is 8.00. The number of hydrogen-bond acceptors (Lipinski definition) is 6. The standard InChI is InChI=1S/C19H38O5S/c1-7-8-9-10-11-12-13-25-19(6)18(5,23)17(4,22)16(3,21)15(2,14-20)24-19/h20-23H,7-14H2,1-6H3/t15?,16-,17-,18?,19+/m1/s1. The third kappa shape index (κ3) is 3.90. The van der Waals surface area contributed by atoms with Crippen LogP contribution in [0.4, 0.5) is 0 Å². The third-order valence-corrected chi connectivity index (χ3v) is 7.93. The Morgan fingerprint density at radius 1 is 0.760 bits per heavy atom. The van der Waals surface area contributed by atoms with E-state index in [1.165, 1.54) is 58.2 Å². The fourth-order valence-corrected chi connectivity index (χ4v) is 5.03. The molecule has 0 aromatic carbocycles. The summed E-state index contributed by atoms with van der Waals surface area (Å²) in [6, 6.07) is 0. The second-order valence-corrected chi connectivity index (χ2v) is 9.75. The zero-order valence-corrected chi connectivity index (χ0v) is 17.6. The molecule has 6 heteroatoms. The summed E-state index contributed by atoms with van der Waals surface area (Å²) in [6.45, 7) is 9.33. The summed E-state index contributed by atoms with van der Waals surface area (Å²) >= 11 is 1.44. The fourth-order valence-electron chi connectivity index (χ4n) is 3.57. The van der Waals surface area contributed by atoms with Crippen molar-refractivity contribution in [3.63, 3.8) is 0 Å².